The highest BCUT2D eigenvalue weighted by Crippen LogP contribution is 2.08. The van der Waals surface area contributed by atoms with Crippen LogP contribution in [0.25, 0.3) is 0 Å². The Balaban J connectivity index is 3.06. The molecular formula is C4H7O5P. The Labute approximate surface area is 58.6 Å². The molecule has 10 heavy (non-hydrogen) atoms. The zero-order valence-electron chi connectivity index (χ0n) is 5.15. The van der Waals surface area contributed by atoms with Gasteiger partial charge in [0.1, 0.15) is 6.61 Å². The topological polar surface area (TPSA) is 86.7 Å². The van der Waals surface area contributed by atoms with Crippen LogP contribution in [0.3, 0.4) is 0 Å². The molecule has 58 valence electrons. The summed E-state index contributed by atoms with van der Waals surface area (Å²) in [6.45, 7) is -0.0506. The molecule has 0 saturated carbocycles. The highest BCUT2D eigenvalue weighted by molar-refractivity contribution is 7.30. The maximum Gasteiger partial charge on any atom is 0.488 e. The van der Waals surface area contributed by atoms with E-state index in [9.17, 15) is 14.3 Å². The number of aliphatic carboxylic acids is 1. The van der Waals surface area contributed by atoms with Crippen molar-refractivity contribution in [3.63, 3.8) is 0 Å². The van der Waals surface area contributed by atoms with E-state index >= 15 is 0 Å². The minimum atomic E-state index is -2.82. The van der Waals surface area contributed by atoms with E-state index in [2.05, 4.69) is 4.52 Å². The normalized spacial score (nSPS) is 11.1. The van der Waals surface area contributed by atoms with Gasteiger partial charge in [-0.2, -0.15) is 0 Å². The van der Waals surface area contributed by atoms with Crippen molar-refractivity contribution in [2.24, 2.45) is 0 Å². The van der Waals surface area contributed by atoms with E-state index in [1.165, 1.54) is 0 Å². The maximum absolute atomic E-state index is 9.84. The van der Waals surface area contributed by atoms with Crippen LogP contribution < -0.4 is 4.89 Å². The van der Waals surface area contributed by atoms with Crippen LogP contribution in [0.2, 0.25) is 0 Å². The number of hydrogen-bond donors (Lipinski definition) is 1. The van der Waals surface area contributed by atoms with Crippen molar-refractivity contribution in [2.75, 3.05) is 6.61 Å². The third-order valence-electron chi connectivity index (χ3n) is 0.732. The van der Waals surface area contributed by atoms with Crippen molar-refractivity contribution < 1.29 is 23.9 Å². The Morgan fingerprint density at radius 1 is 1.70 bits per heavy atom. The number of carboxylic acid groups (broad SMARTS) is 1. The zero-order valence-corrected chi connectivity index (χ0v) is 6.04. The molecule has 0 aromatic rings. The van der Waals surface area contributed by atoms with Crippen molar-refractivity contribution in [3.8, 4) is 0 Å². The first kappa shape index (κ1) is 9.49. The standard InChI is InChI=1S/C4H7O5P/c5-4(6)2-1-3-9-10(7)8/h1-3H2,(H,5,6). The summed E-state index contributed by atoms with van der Waals surface area (Å²) in [5, 5.41) is 8.07. The van der Waals surface area contributed by atoms with E-state index in [4.69, 9.17) is 5.11 Å². The van der Waals surface area contributed by atoms with E-state index in [0.717, 1.165) is 0 Å². The summed E-state index contributed by atoms with van der Waals surface area (Å²) in [5.74, 6) is -0.954. The molecule has 0 aromatic heterocycles. The lowest BCUT2D eigenvalue weighted by Gasteiger charge is -1.90. The van der Waals surface area contributed by atoms with Crippen LogP contribution in [-0.4, -0.2) is 17.7 Å². The summed E-state index contributed by atoms with van der Waals surface area (Å²) in [6, 6.07) is 0. The summed E-state index contributed by atoms with van der Waals surface area (Å²) in [5.41, 5.74) is 0. The molecule has 1 atom stereocenters. The quantitative estimate of drug-likeness (QED) is 0.454. The molecular weight excluding hydrogens is 159 g/mol. The van der Waals surface area contributed by atoms with Gasteiger partial charge in [-0.1, -0.05) is 0 Å². The second kappa shape index (κ2) is 5.29. The molecule has 1 unspecified atom stereocenters. The molecule has 0 rings (SSSR count). The second-order valence-corrected chi connectivity index (χ2v) is 2.26. The van der Waals surface area contributed by atoms with Crippen molar-refractivity contribution in [3.05, 3.63) is 0 Å². The Bertz CT molecular complexity index is 118. The van der Waals surface area contributed by atoms with Crippen molar-refractivity contribution in [1.29, 1.82) is 0 Å². The SMILES string of the molecule is O=C(O)CCCO[P+](=O)[O-]. The first-order valence-corrected chi connectivity index (χ1v) is 3.71. The average Bonchev–Trinajstić information content (AvgIpc) is 1.79. The number of carboxylic acids is 1. The van der Waals surface area contributed by atoms with Gasteiger partial charge in [0.15, 0.2) is 0 Å². The van der Waals surface area contributed by atoms with Crippen LogP contribution in [-0.2, 0) is 13.9 Å². The molecule has 6 heteroatoms. The van der Waals surface area contributed by atoms with Crippen LogP contribution in [0.1, 0.15) is 12.8 Å². The molecule has 0 aliphatic heterocycles. The lowest BCUT2D eigenvalue weighted by molar-refractivity contribution is -0.185. The minimum absolute atomic E-state index is 0.0506. The predicted octanol–water partition coefficient (Wildman–Crippen LogP) is -0.115. The molecule has 5 nitrogen and oxygen atoms in total. The molecule has 0 fully saturated rings. The van der Waals surface area contributed by atoms with Gasteiger partial charge in [-0.3, -0.25) is 4.79 Å². The highest BCUT2D eigenvalue weighted by Gasteiger charge is 2.02. The van der Waals surface area contributed by atoms with Gasteiger partial charge in [0, 0.05) is 6.42 Å². The van der Waals surface area contributed by atoms with Crippen LogP contribution in [0, 0.1) is 0 Å². The van der Waals surface area contributed by atoms with Crippen LogP contribution in [0.5, 0.6) is 0 Å². The van der Waals surface area contributed by atoms with Crippen LogP contribution in [0.15, 0.2) is 0 Å². The van der Waals surface area contributed by atoms with Gasteiger partial charge in [0.2, 0.25) is 0 Å². The summed E-state index contributed by atoms with van der Waals surface area (Å²) in [7, 11) is -2.82. The zero-order chi connectivity index (χ0) is 7.98. The fourth-order valence-corrected chi connectivity index (χ4v) is 0.641. The average molecular weight is 166 g/mol. The largest absolute Gasteiger partial charge is 0.566 e. The molecule has 0 radical (unpaired) electrons. The molecule has 0 aromatic carbocycles. The highest BCUT2D eigenvalue weighted by atomic mass is 31.1. The van der Waals surface area contributed by atoms with E-state index in [1.54, 1.807) is 0 Å². The first-order chi connectivity index (χ1) is 4.63. The Morgan fingerprint density at radius 2 is 2.30 bits per heavy atom. The smallest absolute Gasteiger partial charge is 0.488 e. The third kappa shape index (κ3) is 7.49. The van der Waals surface area contributed by atoms with Gasteiger partial charge in [-0.15, -0.1) is 4.52 Å². The first-order valence-electron chi connectivity index (χ1n) is 2.62. The monoisotopic (exact) mass is 166 g/mol. The Kier molecular flexibility index (Phi) is 5.02. The Morgan fingerprint density at radius 3 is 2.70 bits per heavy atom. The van der Waals surface area contributed by atoms with Gasteiger partial charge >= 0.3 is 14.2 Å². The maximum atomic E-state index is 9.84. The summed E-state index contributed by atoms with van der Waals surface area (Å²) in [6.07, 6.45) is 0.155. The number of rotatable bonds is 5. The van der Waals surface area contributed by atoms with E-state index < -0.39 is 14.2 Å². The van der Waals surface area contributed by atoms with Crippen LogP contribution >= 0.6 is 8.25 Å². The van der Waals surface area contributed by atoms with E-state index in [0.29, 0.717) is 0 Å². The molecule has 0 bridgehead atoms. The molecule has 0 aliphatic carbocycles. The fourth-order valence-electron chi connectivity index (χ4n) is 0.362. The lowest BCUT2D eigenvalue weighted by atomic mass is 10.3. The van der Waals surface area contributed by atoms with Crippen molar-refractivity contribution >= 4 is 14.2 Å². The minimum Gasteiger partial charge on any atom is -0.566 e. The second-order valence-electron chi connectivity index (χ2n) is 1.55. The van der Waals surface area contributed by atoms with Crippen molar-refractivity contribution in [1.82, 2.24) is 0 Å². The third-order valence-corrected chi connectivity index (χ3v) is 1.13. The molecule has 0 heterocycles. The summed E-state index contributed by atoms with van der Waals surface area (Å²) in [4.78, 5) is 19.5. The fraction of sp³-hybridized carbons (Fsp3) is 0.750. The summed E-state index contributed by atoms with van der Waals surface area (Å²) < 4.78 is 13.8. The molecule has 0 amide bonds. The summed E-state index contributed by atoms with van der Waals surface area (Å²) >= 11 is 0. The number of hydrogen-bond acceptors (Lipinski definition) is 4. The van der Waals surface area contributed by atoms with Crippen molar-refractivity contribution in [2.45, 2.75) is 12.8 Å². The molecule has 1 N–H and O–H groups in total. The van der Waals surface area contributed by atoms with Gasteiger partial charge in [-0.25, -0.2) is 0 Å². The van der Waals surface area contributed by atoms with Crippen LogP contribution in [0.4, 0.5) is 0 Å². The predicted molar refractivity (Wildman–Crippen MR) is 30.4 cm³/mol. The molecule has 0 saturated heterocycles. The van der Waals surface area contributed by atoms with Gasteiger partial charge in [0.25, 0.3) is 0 Å². The molecule has 0 aliphatic rings. The van der Waals surface area contributed by atoms with E-state index in [1.807, 2.05) is 0 Å². The number of carbonyl (C=O) groups is 1. The van der Waals surface area contributed by atoms with E-state index in [-0.39, 0.29) is 19.4 Å². The Hall–Kier alpha value is -0.510. The van der Waals surface area contributed by atoms with Gasteiger partial charge in [0.05, 0.1) is 0 Å². The van der Waals surface area contributed by atoms with Gasteiger partial charge < -0.3 is 10.00 Å². The van der Waals surface area contributed by atoms with Gasteiger partial charge in [-0.05, 0) is 11.0 Å². The molecule has 0 spiro atoms. The lowest BCUT2D eigenvalue weighted by Crippen LogP contribution is -1.99.